The summed E-state index contributed by atoms with van der Waals surface area (Å²) in [5.41, 5.74) is 2.28. The third kappa shape index (κ3) is 1.91. The Kier molecular flexibility index (Phi) is 2.78. The third-order valence-corrected chi connectivity index (χ3v) is 4.48. The number of rotatable bonds is 3. The summed E-state index contributed by atoms with van der Waals surface area (Å²) in [7, 11) is 0. The van der Waals surface area contributed by atoms with Crippen molar-refractivity contribution in [3.63, 3.8) is 0 Å². The normalized spacial score (nSPS) is 14.6. The fourth-order valence-corrected chi connectivity index (χ4v) is 3.39. The highest BCUT2D eigenvalue weighted by molar-refractivity contribution is 7.13. The summed E-state index contributed by atoms with van der Waals surface area (Å²) >= 11 is 1.74. The third-order valence-electron chi connectivity index (χ3n) is 3.62. The number of hydrogen-bond acceptors (Lipinski definition) is 2. The Balaban J connectivity index is 1.88. The van der Waals surface area contributed by atoms with E-state index in [2.05, 4.69) is 64.6 Å². The summed E-state index contributed by atoms with van der Waals surface area (Å²) in [6.07, 6.45) is 8.73. The largest absolute Gasteiger partial charge is 0.322 e. The summed E-state index contributed by atoms with van der Waals surface area (Å²) in [5.74, 6) is 1.54. The SMILES string of the molecule is C1=CC(Cn2c(-c3cccs3)nc3ccccc32)C=C1. The second-order valence-electron chi connectivity index (χ2n) is 4.95. The topological polar surface area (TPSA) is 17.8 Å². The van der Waals surface area contributed by atoms with Gasteiger partial charge in [-0.05, 0) is 23.6 Å². The minimum atomic E-state index is 0.464. The molecule has 1 aromatic carbocycles. The van der Waals surface area contributed by atoms with E-state index in [1.807, 2.05) is 6.07 Å². The highest BCUT2D eigenvalue weighted by atomic mass is 32.1. The van der Waals surface area contributed by atoms with Crippen molar-refractivity contribution >= 4 is 22.4 Å². The van der Waals surface area contributed by atoms with Crippen LogP contribution in [0.5, 0.6) is 0 Å². The standard InChI is InChI=1S/C17H14N2S/c1-2-7-13(6-1)12-19-15-9-4-3-8-14(15)18-17(19)16-10-5-11-20-16/h1-11,13H,12H2. The van der Waals surface area contributed by atoms with E-state index in [0.717, 1.165) is 17.9 Å². The van der Waals surface area contributed by atoms with Crippen molar-refractivity contribution in [2.45, 2.75) is 6.54 Å². The molecule has 0 amide bonds. The fraction of sp³-hybridized carbons (Fsp3) is 0.118. The monoisotopic (exact) mass is 278 g/mol. The first-order valence-electron chi connectivity index (χ1n) is 6.76. The highest BCUT2D eigenvalue weighted by Crippen LogP contribution is 2.29. The lowest BCUT2D eigenvalue weighted by Crippen LogP contribution is -2.06. The molecule has 4 rings (SSSR count). The first-order valence-corrected chi connectivity index (χ1v) is 7.64. The number of imidazole rings is 1. The van der Waals surface area contributed by atoms with E-state index in [1.54, 1.807) is 11.3 Å². The smallest absolute Gasteiger partial charge is 0.151 e. The minimum Gasteiger partial charge on any atom is -0.322 e. The molecule has 0 saturated carbocycles. The molecule has 1 aliphatic rings. The van der Waals surface area contributed by atoms with Crippen molar-refractivity contribution in [2.24, 2.45) is 5.92 Å². The Labute approximate surface area is 121 Å². The van der Waals surface area contributed by atoms with Crippen LogP contribution in [0.2, 0.25) is 0 Å². The Morgan fingerprint density at radius 2 is 1.90 bits per heavy atom. The van der Waals surface area contributed by atoms with Gasteiger partial charge >= 0.3 is 0 Å². The lowest BCUT2D eigenvalue weighted by atomic mass is 10.1. The highest BCUT2D eigenvalue weighted by Gasteiger charge is 2.15. The van der Waals surface area contributed by atoms with Crippen LogP contribution in [0.4, 0.5) is 0 Å². The molecular formula is C17H14N2S. The molecule has 0 atom stereocenters. The van der Waals surface area contributed by atoms with E-state index in [-0.39, 0.29) is 0 Å². The number of para-hydroxylation sites is 2. The van der Waals surface area contributed by atoms with E-state index < -0.39 is 0 Å². The van der Waals surface area contributed by atoms with Gasteiger partial charge in [0, 0.05) is 12.5 Å². The van der Waals surface area contributed by atoms with E-state index in [9.17, 15) is 0 Å². The van der Waals surface area contributed by atoms with Gasteiger partial charge in [0.2, 0.25) is 0 Å². The number of benzene rings is 1. The van der Waals surface area contributed by atoms with Crippen molar-refractivity contribution in [1.82, 2.24) is 9.55 Å². The molecule has 2 aromatic heterocycles. The van der Waals surface area contributed by atoms with Crippen LogP contribution in [0.1, 0.15) is 0 Å². The quantitative estimate of drug-likeness (QED) is 0.689. The van der Waals surface area contributed by atoms with Crippen molar-refractivity contribution < 1.29 is 0 Å². The van der Waals surface area contributed by atoms with Gasteiger partial charge in [-0.15, -0.1) is 11.3 Å². The number of allylic oxidation sites excluding steroid dienone is 4. The van der Waals surface area contributed by atoms with E-state index in [0.29, 0.717) is 5.92 Å². The molecule has 3 aromatic rings. The van der Waals surface area contributed by atoms with Crippen LogP contribution >= 0.6 is 11.3 Å². The van der Waals surface area contributed by atoms with Gasteiger partial charge in [0.05, 0.1) is 15.9 Å². The van der Waals surface area contributed by atoms with E-state index in [1.165, 1.54) is 10.4 Å². The lowest BCUT2D eigenvalue weighted by molar-refractivity contribution is 0.640. The molecule has 2 nitrogen and oxygen atoms in total. The Hall–Kier alpha value is -2.13. The van der Waals surface area contributed by atoms with Gasteiger partial charge in [-0.3, -0.25) is 0 Å². The summed E-state index contributed by atoms with van der Waals surface area (Å²) in [5, 5.41) is 2.11. The van der Waals surface area contributed by atoms with Gasteiger partial charge in [-0.2, -0.15) is 0 Å². The zero-order valence-corrected chi connectivity index (χ0v) is 11.8. The molecule has 20 heavy (non-hydrogen) atoms. The lowest BCUT2D eigenvalue weighted by Gasteiger charge is -2.11. The van der Waals surface area contributed by atoms with E-state index in [4.69, 9.17) is 4.98 Å². The van der Waals surface area contributed by atoms with Crippen molar-refractivity contribution in [1.29, 1.82) is 0 Å². The van der Waals surface area contributed by atoms with Crippen molar-refractivity contribution in [3.05, 3.63) is 66.1 Å². The van der Waals surface area contributed by atoms with Gasteiger partial charge in [-0.1, -0.05) is 42.5 Å². The van der Waals surface area contributed by atoms with Gasteiger partial charge in [0.1, 0.15) is 0 Å². The maximum absolute atomic E-state index is 4.82. The molecule has 0 bridgehead atoms. The number of hydrogen-bond donors (Lipinski definition) is 0. The summed E-state index contributed by atoms with van der Waals surface area (Å²) in [6, 6.07) is 12.6. The molecule has 0 spiro atoms. The molecule has 0 aliphatic heterocycles. The summed E-state index contributed by atoms with van der Waals surface area (Å²) in [6.45, 7) is 0.945. The van der Waals surface area contributed by atoms with Crippen LogP contribution in [0.3, 0.4) is 0 Å². The number of nitrogens with zero attached hydrogens (tertiary/aromatic N) is 2. The maximum Gasteiger partial charge on any atom is 0.151 e. The first kappa shape index (κ1) is 11.7. The average molecular weight is 278 g/mol. The molecule has 2 heterocycles. The molecule has 0 saturated heterocycles. The van der Waals surface area contributed by atoms with Gasteiger partial charge in [0.15, 0.2) is 5.82 Å². The van der Waals surface area contributed by atoms with E-state index >= 15 is 0 Å². The number of fused-ring (bicyclic) bond motifs is 1. The number of thiophene rings is 1. The predicted molar refractivity (Wildman–Crippen MR) is 84.8 cm³/mol. The van der Waals surface area contributed by atoms with Crippen LogP contribution in [0.15, 0.2) is 66.1 Å². The van der Waals surface area contributed by atoms with Gasteiger partial charge in [-0.25, -0.2) is 4.98 Å². The van der Waals surface area contributed by atoms with Gasteiger partial charge < -0.3 is 4.57 Å². The molecular weight excluding hydrogens is 264 g/mol. The molecule has 0 unspecified atom stereocenters. The zero-order chi connectivity index (χ0) is 13.4. The summed E-state index contributed by atoms with van der Waals surface area (Å²) in [4.78, 5) is 6.05. The van der Waals surface area contributed by atoms with Crippen molar-refractivity contribution in [2.75, 3.05) is 0 Å². The summed E-state index contributed by atoms with van der Waals surface area (Å²) < 4.78 is 2.34. The Bertz CT molecular complexity index is 782. The molecule has 98 valence electrons. The second kappa shape index (κ2) is 4.76. The minimum absolute atomic E-state index is 0.464. The van der Waals surface area contributed by atoms with Crippen LogP contribution < -0.4 is 0 Å². The molecule has 1 aliphatic carbocycles. The molecule has 0 N–H and O–H groups in total. The second-order valence-corrected chi connectivity index (χ2v) is 5.89. The van der Waals surface area contributed by atoms with Crippen LogP contribution in [0.25, 0.3) is 21.7 Å². The van der Waals surface area contributed by atoms with Crippen molar-refractivity contribution in [3.8, 4) is 10.7 Å². The van der Waals surface area contributed by atoms with Crippen LogP contribution in [0, 0.1) is 5.92 Å². The molecule has 0 fully saturated rings. The van der Waals surface area contributed by atoms with Gasteiger partial charge in [0.25, 0.3) is 0 Å². The molecule has 0 radical (unpaired) electrons. The first-order chi connectivity index (χ1) is 9.92. The number of aromatic nitrogens is 2. The fourth-order valence-electron chi connectivity index (χ4n) is 2.66. The Morgan fingerprint density at radius 1 is 1.05 bits per heavy atom. The molecule has 3 heteroatoms. The maximum atomic E-state index is 4.82. The van der Waals surface area contributed by atoms with Crippen LogP contribution in [-0.2, 0) is 6.54 Å². The Morgan fingerprint density at radius 3 is 2.70 bits per heavy atom. The van der Waals surface area contributed by atoms with Crippen LogP contribution in [-0.4, -0.2) is 9.55 Å². The zero-order valence-electron chi connectivity index (χ0n) is 10.9. The average Bonchev–Trinajstić information content (AvgIpc) is 3.19. The predicted octanol–water partition coefficient (Wildman–Crippen LogP) is 4.51.